The molecule has 1 aromatic carbocycles. The van der Waals surface area contributed by atoms with Gasteiger partial charge in [0.2, 0.25) is 0 Å². The van der Waals surface area contributed by atoms with Gasteiger partial charge in [-0.15, -0.1) is 0 Å². The van der Waals surface area contributed by atoms with Crippen LogP contribution in [-0.2, 0) is 4.74 Å². The number of hydrogen-bond donors (Lipinski definition) is 0. The summed E-state index contributed by atoms with van der Waals surface area (Å²) in [5.74, 6) is 1.04. The fourth-order valence-electron chi connectivity index (χ4n) is 2.46. The highest BCUT2D eigenvalue weighted by molar-refractivity contribution is 5.99. The molecule has 0 saturated carbocycles. The molecule has 0 amide bonds. The van der Waals surface area contributed by atoms with Gasteiger partial charge in [-0.1, -0.05) is 0 Å². The van der Waals surface area contributed by atoms with Crippen LogP contribution in [0.5, 0.6) is 5.75 Å². The average molecular weight is 277 g/mol. The van der Waals surface area contributed by atoms with Gasteiger partial charge in [0.25, 0.3) is 0 Å². The summed E-state index contributed by atoms with van der Waals surface area (Å²) in [6.07, 6.45) is 0. The number of morpholine rings is 1. The highest BCUT2D eigenvalue weighted by atomic mass is 16.5. The van der Waals surface area contributed by atoms with Crippen LogP contribution in [0, 0.1) is 13.8 Å². The number of benzene rings is 1. The molecule has 20 heavy (non-hydrogen) atoms. The lowest BCUT2D eigenvalue weighted by atomic mass is 9.99. The van der Waals surface area contributed by atoms with E-state index in [-0.39, 0.29) is 5.78 Å². The van der Waals surface area contributed by atoms with Gasteiger partial charge in [-0.2, -0.15) is 0 Å². The van der Waals surface area contributed by atoms with E-state index < -0.39 is 0 Å². The van der Waals surface area contributed by atoms with Gasteiger partial charge in [-0.3, -0.25) is 9.69 Å². The molecule has 1 aromatic rings. The molecule has 1 fully saturated rings. The van der Waals surface area contributed by atoms with Gasteiger partial charge in [0, 0.05) is 18.7 Å². The lowest BCUT2D eigenvalue weighted by molar-refractivity contribution is 0.0371. The minimum atomic E-state index is 0.176. The van der Waals surface area contributed by atoms with E-state index in [2.05, 4.69) is 4.90 Å². The minimum Gasteiger partial charge on any atom is -0.494 e. The first kappa shape index (κ1) is 15.0. The molecule has 0 bridgehead atoms. The van der Waals surface area contributed by atoms with Gasteiger partial charge in [-0.05, 0) is 44.0 Å². The molecule has 1 saturated heterocycles. The number of nitrogens with zero attached hydrogens (tertiary/aromatic N) is 1. The Labute approximate surface area is 120 Å². The van der Waals surface area contributed by atoms with Gasteiger partial charge >= 0.3 is 0 Å². The Bertz CT molecular complexity index is 479. The Morgan fingerprint density at radius 3 is 2.60 bits per heavy atom. The van der Waals surface area contributed by atoms with Crippen LogP contribution in [0.25, 0.3) is 0 Å². The molecular formula is C16H23NO3. The molecule has 0 N–H and O–H groups in total. The predicted molar refractivity (Wildman–Crippen MR) is 78.7 cm³/mol. The second-order valence-corrected chi connectivity index (χ2v) is 5.11. The summed E-state index contributed by atoms with van der Waals surface area (Å²) in [7, 11) is 0. The van der Waals surface area contributed by atoms with Crippen LogP contribution < -0.4 is 4.74 Å². The van der Waals surface area contributed by atoms with E-state index in [1.54, 1.807) is 0 Å². The van der Waals surface area contributed by atoms with Crippen molar-refractivity contribution in [2.24, 2.45) is 0 Å². The predicted octanol–water partition coefficient (Wildman–Crippen LogP) is 2.22. The molecule has 2 rings (SSSR count). The van der Waals surface area contributed by atoms with Crippen molar-refractivity contribution in [3.05, 3.63) is 28.8 Å². The van der Waals surface area contributed by atoms with Crippen molar-refractivity contribution in [1.82, 2.24) is 4.90 Å². The highest BCUT2D eigenvalue weighted by Gasteiger charge is 2.18. The van der Waals surface area contributed by atoms with Crippen molar-refractivity contribution in [1.29, 1.82) is 0 Å². The van der Waals surface area contributed by atoms with E-state index in [9.17, 15) is 4.79 Å². The number of Topliss-reactive ketones (excluding diaryl/α,β-unsaturated/α-hetero) is 1. The largest absolute Gasteiger partial charge is 0.494 e. The molecule has 0 spiro atoms. The lowest BCUT2D eigenvalue weighted by Gasteiger charge is -2.26. The summed E-state index contributed by atoms with van der Waals surface area (Å²) in [4.78, 5) is 14.6. The van der Waals surface area contributed by atoms with E-state index in [4.69, 9.17) is 9.47 Å². The monoisotopic (exact) mass is 277 g/mol. The van der Waals surface area contributed by atoms with Crippen LogP contribution in [-0.4, -0.2) is 50.1 Å². The van der Waals surface area contributed by atoms with Crippen LogP contribution in [0.1, 0.15) is 28.4 Å². The van der Waals surface area contributed by atoms with Crippen molar-refractivity contribution in [3.63, 3.8) is 0 Å². The molecule has 0 atom stereocenters. The fraction of sp³-hybridized carbons (Fsp3) is 0.562. The molecule has 0 aliphatic carbocycles. The van der Waals surface area contributed by atoms with E-state index in [0.717, 1.165) is 35.5 Å². The lowest BCUT2D eigenvalue weighted by Crippen LogP contribution is -2.39. The standard InChI is InChI=1S/C16H23NO3/c1-4-20-16-6-5-14(12(2)13(16)3)15(18)11-17-7-9-19-10-8-17/h5-6H,4,7-11H2,1-3H3. The number of carbonyl (C=O) groups excluding carboxylic acids is 1. The molecule has 1 aliphatic heterocycles. The Kier molecular flexibility index (Phi) is 5.15. The van der Waals surface area contributed by atoms with Gasteiger partial charge in [-0.25, -0.2) is 0 Å². The summed E-state index contributed by atoms with van der Waals surface area (Å²) >= 11 is 0. The molecule has 4 heteroatoms. The number of ketones is 1. The van der Waals surface area contributed by atoms with Crippen LogP contribution in [0.4, 0.5) is 0 Å². The fourth-order valence-corrected chi connectivity index (χ4v) is 2.46. The van der Waals surface area contributed by atoms with Crippen LogP contribution in [0.2, 0.25) is 0 Å². The van der Waals surface area contributed by atoms with Crippen LogP contribution in [0.15, 0.2) is 12.1 Å². The van der Waals surface area contributed by atoms with E-state index >= 15 is 0 Å². The SMILES string of the molecule is CCOc1ccc(C(=O)CN2CCOCC2)c(C)c1C. The smallest absolute Gasteiger partial charge is 0.177 e. The third-order valence-electron chi connectivity index (χ3n) is 3.81. The van der Waals surface area contributed by atoms with Crippen molar-refractivity contribution in [2.45, 2.75) is 20.8 Å². The molecular weight excluding hydrogens is 254 g/mol. The zero-order chi connectivity index (χ0) is 14.5. The molecule has 1 aliphatic rings. The van der Waals surface area contributed by atoms with Gasteiger partial charge in [0.15, 0.2) is 5.78 Å². The highest BCUT2D eigenvalue weighted by Crippen LogP contribution is 2.24. The Balaban J connectivity index is 2.11. The Morgan fingerprint density at radius 2 is 1.95 bits per heavy atom. The number of rotatable bonds is 5. The zero-order valence-electron chi connectivity index (χ0n) is 12.6. The molecule has 1 heterocycles. The van der Waals surface area contributed by atoms with Crippen molar-refractivity contribution in [2.75, 3.05) is 39.5 Å². The second-order valence-electron chi connectivity index (χ2n) is 5.11. The number of carbonyl (C=O) groups is 1. The van der Waals surface area contributed by atoms with Crippen LogP contribution in [0.3, 0.4) is 0 Å². The van der Waals surface area contributed by atoms with E-state index in [0.29, 0.717) is 26.4 Å². The maximum absolute atomic E-state index is 12.4. The van der Waals surface area contributed by atoms with Gasteiger partial charge < -0.3 is 9.47 Å². The molecule has 0 radical (unpaired) electrons. The summed E-state index contributed by atoms with van der Waals surface area (Å²) in [6, 6.07) is 3.79. The topological polar surface area (TPSA) is 38.8 Å². The quantitative estimate of drug-likeness (QED) is 0.774. The van der Waals surface area contributed by atoms with Crippen molar-refractivity contribution < 1.29 is 14.3 Å². The molecule has 0 aromatic heterocycles. The molecule has 110 valence electrons. The van der Waals surface area contributed by atoms with Gasteiger partial charge in [0.05, 0.1) is 26.4 Å². The van der Waals surface area contributed by atoms with Crippen molar-refractivity contribution >= 4 is 5.78 Å². The minimum absolute atomic E-state index is 0.176. The number of ether oxygens (including phenoxy) is 2. The number of hydrogen-bond acceptors (Lipinski definition) is 4. The first-order valence-electron chi connectivity index (χ1n) is 7.19. The summed E-state index contributed by atoms with van der Waals surface area (Å²) in [6.45, 7) is 10.2. The second kappa shape index (κ2) is 6.86. The maximum atomic E-state index is 12.4. The Hall–Kier alpha value is -1.39. The van der Waals surface area contributed by atoms with Crippen LogP contribution >= 0.6 is 0 Å². The van der Waals surface area contributed by atoms with E-state index in [1.165, 1.54) is 0 Å². The normalized spacial score (nSPS) is 16.1. The first-order chi connectivity index (χ1) is 9.63. The molecule has 4 nitrogen and oxygen atoms in total. The Morgan fingerprint density at radius 1 is 1.25 bits per heavy atom. The average Bonchev–Trinajstić information content (AvgIpc) is 2.45. The van der Waals surface area contributed by atoms with E-state index in [1.807, 2.05) is 32.9 Å². The first-order valence-corrected chi connectivity index (χ1v) is 7.19. The summed E-state index contributed by atoms with van der Waals surface area (Å²) in [5, 5.41) is 0. The molecule has 0 unspecified atom stereocenters. The third-order valence-corrected chi connectivity index (χ3v) is 3.81. The van der Waals surface area contributed by atoms with Crippen molar-refractivity contribution in [3.8, 4) is 5.75 Å². The van der Waals surface area contributed by atoms with Gasteiger partial charge in [0.1, 0.15) is 5.75 Å². The zero-order valence-corrected chi connectivity index (χ0v) is 12.6. The maximum Gasteiger partial charge on any atom is 0.177 e. The summed E-state index contributed by atoms with van der Waals surface area (Å²) in [5.41, 5.74) is 2.88. The third kappa shape index (κ3) is 3.38. The summed E-state index contributed by atoms with van der Waals surface area (Å²) < 4.78 is 10.9.